The summed E-state index contributed by atoms with van der Waals surface area (Å²) in [6.07, 6.45) is 6.47. The molecule has 1 aromatic carbocycles. The summed E-state index contributed by atoms with van der Waals surface area (Å²) in [4.78, 5) is 22.0. The predicted molar refractivity (Wildman–Crippen MR) is 143 cm³/mol. The minimum absolute atomic E-state index is 0.0673. The van der Waals surface area contributed by atoms with E-state index < -0.39 is 0 Å². The molecule has 6 heteroatoms. The molecule has 2 aromatic heterocycles. The van der Waals surface area contributed by atoms with Crippen molar-refractivity contribution in [1.29, 1.82) is 0 Å². The minimum atomic E-state index is -0.0673. The van der Waals surface area contributed by atoms with Crippen LogP contribution in [0, 0.1) is 0 Å². The summed E-state index contributed by atoms with van der Waals surface area (Å²) in [5.74, 6) is 1.60. The molecule has 0 amide bonds. The van der Waals surface area contributed by atoms with Gasteiger partial charge in [-0.05, 0) is 65.6 Å². The van der Waals surface area contributed by atoms with Crippen LogP contribution in [-0.4, -0.2) is 50.2 Å². The van der Waals surface area contributed by atoms with Gasteiger partial charge in [0.1, 0.15) is 23.4 Å². The molecule has 0 bridgehead atoms. The largest absolute Gasteiger partial charge is 0.497 e. The van der Waals surface area contributed by atoms with E-state index in [1.807, 2.05) is 32.9 Å². The second-order valence-electron chi connectivity index (χ2n) is 8.46. The molecular formula is C28H39N3O3. The van der Waals surface area contributed by atoms with Crippen LogP contribution in [0.1, 0.15) is 41.0 Å². The molecule has 3 aromatic rings. The number of hydrogen-bond acceptors (Lipinski definition) is 6. The normalized spacial score (nSPS) is 14.7. The van der Waals surface area contributed by atoms with E-state index in [9.17, 15) is 4.79 Å². The average Bonchev–Trinajstić information content (AvgIpc) is 3.37. The van der Waals surface area contributed by atoms with Gasteiger partial charge in [0.15, 0.2) is 0 Å². The summed E-state index contributed by atoms with van der Waals surface area (Å²) in [5.41, 5.74) is 3.10. The van der Waals surface area contributed by atoms with Gasteiger partial charge in [-0.3, -0.25) is 4.79 Å². The molecule has 0 saturated carbocycles. The van der Waals surface area contributed by atoms with Gasteiger partial charge in [-0.25, -0.2) is 4.98 Å². The Labute approximate surface area is 203 Å². The standard InChI is InChI=1S/C21H23N3O3.C5H10.C2H6/c1-23(2)15-8-9-24(12-15)20-7-4-14(11-22-20)18-13-27-19-10-16(26-3)5-6-17(19)21(18)25;1-4-5(2)3;1-2/h4-7,10-11,13,15H,8-9,12H2,1-3H3;4H,1-3H3;1-2H3. The first kappa shape index (κ1) is 27.1. The number of aromatic nitrogens is 1. The Morgan fingerprint density at radius 1 is 1.21 bits per heavy atom. The van der Waals surface area contributed by atoms with E-state index in [-0.39, 0.29) is 5.43 Å². The highest BCUT2D eigenvalue weighted by molar-refractivity contribution is 5.82. The van der Waals surface area contributed by atoms with E-state index in [4.69, 9.17) is 9.15 Å². The summed E-state index contributed by atoms with van der Waals surface area (Å²) in [6, 6.07) is 9.68. The van der Waals surface area contributed by atoms with Gasteiger partial charge in [0.05, 0.1) is 18.1 Å². The monoisotopic (exact) mass is 465 g/mol. The van der Waals surface area contributed by atoms with Crippen LogP contribution in [0.5, 0.6) is 5.75 Å². The van der Waals surface area contributed by atoms with Crippen LogP contribution in [0.4, 0.5) is 5.82 Å². The van der Waals surface area contributed by atoms with Crippen molar-refractivity contribution in [3.05, 3.63) is 64.7 Å². The van der Waals surface area contributed by atoms with Crippen molar-refractivity contribution in [2.75, 3.05) is 39.2 Å². The highest BCUT2D eigenvalue weighted by Gasteiger charge is 2.24. The molecule has 34 heavy (non-hydrogen) atoms. The van der Waals surface area contributed by atoms with Gasteiger partial charge in [-0.15, -0.1) is 0 Å². The number of likely N-dealkylation sites (N-methyl/N-ethyl adjacent to an activating group) is 1. The second-order valence-corrected chi connectivity index (χ2v) is 8.46. The maximum Gasteiger partial charge on any atom is 0.200 e. The molecule has 3 heterocycles. The lowest BCUT2D eigenvalue weighted by molar-refractivity contribution is 0.315. The van der Waals surface area contributed by atoms with Crippen LogP contribution in [0.3, 0.4) is 0 Å². The molecule has 0 radical (unpaired) electrons. The fourth-order valence-corrected chi connectivity index (χ4v) is 3.54. The molecule has 6 nitrogen and oxygen atoms in total. The lowest BCUT2D eigenvalue weighted by atomic mass is 10.1. The molecule has 1 aliphatic rings. The van der Waals surface area contributed by atoms with Crippen molar-refractivity contribution in [3.8, 4) is 16.9 Å². The zero-order valence-electron chi connectivity index (χ0n) is 21.9. The fourth-order valence-electron chi connectivity index (χ4n) is 3.54. The van der Waals surface area contributed by atoms with Gasteiger partial charge < -0.3 is 19.0 Å². The van der Waals surface area contributed by atoms with Gasteiger partial charge in [-0.2, -0.15) is 0 Å². The zero-order valence-corrected chi connectivity index (χ0v) is 21.9. The molecule has 1 aliphatic heterocycles. The third kappa shape index (κ3) is 6.70. The quantitative estimate of drug-likeness (QED) is 0.440. The average molecular weight is 466 g/mol. The lowest BCUT2D eigenvalue weighted by Crippen LogP contribution is -2.31. The van der Waals surface area contributed by atoms with E-state index >= 15 is 0 Å². The number of fused-ring (bicyclic) bond motifs is 1. The zero-order chi connectivity index (χ0) is 25.3. The van der Waals surface area contributed by atoms with E-state index in [1.165, 1.54) is 11.8 Å². The van der Waals surface area contributed by atoms with Crippen LogP contribution < -0.4 is 15.1 Å². The smallest absolute Gasteiger partial charge is 0.200 e. The number of nitrogens with zero attached hydrogens (tertiary/aromatic N) is 3. The number of methoxy groups -OCH3 is 1. The summed E-state index contributed by atoms with van der Waals surface area (Å²) >= 11 is 0. The summed E-state index contributed by atoms with van der Waals surface area (Å²) < 4.78 is 10.8. The van der Waals surface area contributed by atoms with E-state index in [0.717, 1.165) is 30.9 Å². The second kappa shape index (κ2) is 12.9. The first-order valence-corrected chi connectivity index (χ1v) is 11.9. The molecule has 1 unspecified atom stereocenters. The SMILES string of the molecule is CC.CC=C(C)C.COc1ccc2c(=O)c(-c3ccc(N4CCC(N(C)C)C4)nc3)coc2c1. The van der Waals surface area contributed by atoms with E-state index in [2.05, 4.69) is 48.8 Å². The third-order valence-electron chi connectivity index (χ3n) is 5.84. The Balaban J connectivity index is 0.000000520. The van der Waals surface area contributed by atoms with E-state index in [1.54, 1.807) is 31.5 Å². The number of ether oxygens (including phenoxy) is 1. The Morgan fingerprint density at radius 3 is 2.44 bits per heavy atom. The maximum atomic E-state index is 12.8. The minimum Gasteiger partial charge on any atom is -0.497 e. The van der Waals surface area contributed by atoms with Gasteiger partial charge in [0.25, 0.3) is 0 Å². The molecule has 4 rings (SSSR count). The number of hydrogen-bond donors (Lipinski definition) is 0. The maximum absolute atomic E-state index is 12.8. The number of rotatable bonds is 4. The molecule has 1 fully saturated rings. The van der Waals surface area contributed by atoms with Gasteiger partial charge in [0.2, 0.25) is 5.43 Å². The van der Waals surface area contributed by atoms with Crippen molar-refractivity contribution in [1.82, 2.24) is 9.88 Å². The molecular weight excluding hydrogens is 426 g/mol. The van der Waals surface area contributed by atoms with Crippen LogP contribution in [-0.2, 0) is 0 Å². The first-order valence-electron chi connectivity index (χ1n) is 11.9. The van der Waals surface area contributed by atoms with E-state index in [0.29, 0.717) is 28.3 Å². The number of pyridine rings is 1. The van der Waals surface area contributed by atoms with Crippen molar-refractivity contribution in [2.45, 2.75) is 47.1 Å². The van der Waals surface area contributed by atoms with Crippen LogP contribution >= 0.6 is 0 Å². The fraction of sp³-hybridized carbons (Fsp3) is 0.429. The van der Waals surface area contributed by atoms with Crippen LogP contribution in [0.2, 0.25) is 0 Å². The summed E-state index contributed by atoms with van der Waals surface area (Å²) in [5, 5.41) is 0.533. The molecule has 1 saturated heterocycles. The molecule has 0 aliphatic carbocycles. The van der Waals surface area contributed by atoms with Crippen LogP contribution in [0.25, 0.3) is 22.1 Å². The molecule has 0 N–H and O–H groups in total. The van der Waals surface area contributed by atoms with Gasteiger partial charge >= 0.3 is 0 Å². The highest BCUT2D eigenvalue weighted by atomic mass is 16.5. The Bertz CT molecular complexity index is 1130. The van der Waals surface area contributed by atoms with Gasteiger partial charge in [0, 0.05) is 37.0 Å². The number of allylic oxidation sites excluding steroid dienone is 2. The number of benzene rings is 1. The molecule has 0 spiro atoms. The predicted octanol–water partition coefficient (Wildman–Crippen LogP) is 6.00. The topological polar surface area (TPSA) is 58.8 Å². The van der Waals surface area contributed by atoms with Gasteiger partial charge in [-0.1, -0.05) is 25.5 Å². The van der Waals surface area contributed by atoms with Crippen molar-refractivity contribution in [3.63, 3.8) is 0 Å². The Morgan fingerprint density at radius 2 is 1.91 bits per heavy atom. The van der Waals surface area contributed by atoms with Crippen molar-refractivity contribution < 1.29 is 9.15 Å². The van der Waals surface area contributed by atoms with Crippen LogP contribution in [0.15, 0.2) is 63.7 Å². The summed E-state index contributed by atoms with van der Waals surface area (Å²) in [6.45, 7) is 12.2. The summed E-state index contributed by atoms with van der Waals surface area (Å²) in [7, 11) is 5.81. The van der Waals surface area contributed by atoms with Crippen molar-refractivity contribution in [2.24, 2.45) is 0 Å². The third-order valence-corrected chi connectivity index (χ3v) is 5.84. The highest BCUT2D eigenvalue weighted by Crippen LogP contribution is 2.25. The lowest BCUT2D eigenvalue weighted by Gasteiger charge is -2.21. The number of anilines is 1. The Kier molecular flexibility index (Phi) is 10.3. The molecule has 1 atom stereocenters. The Hall–Kier alpha value is -3.12. The van der Waals surface area contributed by atoms with Crippen molar-refractivity contribution >= 4 is 16.8 Å². The molecule has 184 valence electrons. The first-order chi connectivity index (χ1) is 16.3.